The lowest BCUT2D eigenvalue weighted by Crippen LogP contribution is -2.07. The highest BCUT2D eigenvalue weighted by Gasteiger charge is 2.31. The number of nitrogens with zero attached hydrogens (tertiary/aromatic N) is 1. The molecule has 0 saturated heterocycles. The van der Waals surface area contributed by atoms with E-state index in [1.165, 1.54) is 11.3 Å². The number of alkyl halides is 3. The number of pyridine rings is 1. The van der Waals surface area contributed by atoms with Crippen LogP contribution in [0.1, 0.15) is 11.1 Å². The van der Waals surface area contributed by atoms with Gasteiger partial charge in [0, 0.05) is 0 Å². The predicted molar refractivity (Wildman–Crippen MR) is 61.7 cm³/mol. The van der Waals surface area contributed by atoms with Crippen LogP contribution in [-0.4, -0.2) is 4.98 Å². The van der Waals surface area contributed by atoms with Crippen LogP contribution in [0.2, 0.25) is 0 Å². The minimum atomic E-state index is -4.41. The maximum atomic E-state index is 12.6. The third kappa shape index (κ3) is 2.41. The zero-order chi connectivity index (χ0) is 12.6. The van der Waals surface area contributed by atoms with Crippen molar-refractivity contribution in [3.05, 3.63) is 34.7 Å². The second kappa shape index (κ2) is 4.03. The van der Waals surface area contributed by atoms with Crippen LogP contribution in [0.3, 0.4) is 0 Å². The molecule has 0 amide bonds. The normalized spacial score (nSPS) is 11.8. The third-order valence-electron chi connectivity index (χ3n) is 2.27. The van der Waals surface area contributed by atoms with E-state index in [1.807, 2.05) is 18.4 Å². The zero-order valence-corrected chi connectivity index (χ0v) is 9.69. The molecule has 6 heteroatoms. The Morgan fingerprint density at radius 2 is 2.00 bits per heavy atom. The highest BCUT2D eigenvalue weighted by Crippen LogP contribution is 2.35. The van der Waals surface area contributed by atoms with Crippen LogP contribution >= 0.6 is 11.3 Å². The molecule has 0 saturated carbocycles. The van der Waals surface area contributed by atoms with Crippen molar-refractivity contribution < 1.29 is 13.2 Å². The monoisotopic (exact) mass is 258 g/mol. The average molecular weight is 258 g/mol. The summed E-state index contributed by atoms with van der Waals surface area (Å²) in [5.41, 5.74) is 5.79. The predicted octanol–water partition coefficient (Wildman–Crippen LogP) is 3.72. The molecule has 0 fully saturated rings. The minimum Gasteiger partial charge on any atom is -0.384 e. The Morgan fingerprint density at radius 1 is 1.29 bits per heavy atom. The molecule has 90 valence electrons. The number of aryl methyl sites for hydroxylation is 1. The maximum absolute atomic E-state index is 12.6. The summed E-state index contributed by atoms with van der Waals surface area (Å²) in [7, 11) is 0. The number of hydrogen-bond donors (Lipinski definition) is 1. The van der Waals surface area contributed by atoms with E-state index in [2.05, 4.69) is 4.98 Å². The smallest absolute Gasteiger partial charge is 0.384 e. The van der Waals surface area contributed by atoms with Crippen molar-refractivity contribution in [2.45, 2.75) is 13.1 Å². The van der Waals surface area contributed by atoms with Gasteiger partial charge in [-0.3, -0.25) is 0 Å². The second-order valence-corrected chi connectivity index (χ2v) is 4.51. The maximum Gasteiger partial charge on any atom is 0.416 e. The first-order valence-electron chi connectivity index (χ1n) is 4.77. The van der Waals surface area contributed by atoms with Gasteiger partial charge in [0.05, 0.1) is 16.1 Å². The van der Waals surface area contributed by atoms with E-state index in [0.717, 1.165) is 17.7 Å². The van der Waals surface area contributed by atoms with Gasteiger partial charge in [-0.25, -0.2) is 4.98 Å². The van der Waals surface area contributed by atoms with E-state index < -0.39 is 11.7 Å². The summed E-state index contributed by atoms with van der Waals surface area (Å²) in [5.74, 6) is -0.123. The van der Waals surface area contributed by atoms with Crippen molar-refractivity contribution in [2.24, 2.45) is 0 Å². The van der Waals surface area contributed by atoms with Gasteiger partial charge in [0.1, 0.15) is 5.82 Å². The van der Waals surface area contributed by atoms with Crippen molar-refractivity contribution >= 4 is 17.2 Å². The largest absolute Gasteiger partial charge is 0.416 e. The molecule has 0 aliphatic carbocycles. The number of anilines is 1. The molecular weight excluding hydrogens is 249 g/mol. The molecule has 2 heterocycles. The van der Waals surface area contributed by atoms with Gasteiger partial charge in [-0.05, 0) is 36.1 Å². The van der Waals surface area contributed by atoms with Gasteiger partial charge in [-0.2, -0.15) is 13.2 Å². The lowest BCUT2D eigenvalue weighted by atomic mass is 10.1. The molecule has 0 radical (unpaired) electrons. The van der Waals surface area contributed by atoms with Crippen molar-refractivity contribution in [3.63, 3.8) is 0 Å². The minimum absolute atomic E-state index is 0.123. The number of thiophene rings is 1. The molecule has 0 unspecified atom stereocenters. The number of rotatable bonds is 1. The Kier molecular flexibility index (Phi) is 2.82. The molecule has 2 aromatic rings. The van der Waals surface area contributed by atoms with E-state index in [0.29, 0.717) is 4.88 Å². The second-order valence-electron chi connectivity index (χ2n) is 3.60. The highest BCUT2D eigenvalue weighted by atomic mass is 32.1. The van der Waals surface area contributed by atoms with Crippen LogP contribution in [0.25, 0.3) is 10.6 Å². The molecule has 0 aromatic carbocycles. The van der Waals surface area contributed by atoms with Crippen LogP contribution in [0, 0.1) is 6.92 Å². The molecule has 0 spiro atoms. The Labute approximate surface area is 99.9 Å². The van der Waals surface area contributed by atoms with Gasteiger partial charge >= 0.3 is 6.18 Å². The Morgan fingerprint density at radius 3 is 2.53 bits per heavy atom. The topological polar surface area (TPSA) is 38.9 Å². The lowest BCUT2D eigenvalue weighted by molar-refractivity contribution is -0.137. The average Bonchev–Trinajstić information content (AvgIpc) is 2.62. The molecule has 2 aromatic heterocycles. The first-order chi connectivity index (χ1) is 7.88. The van der Waals surface area contributed by atoms with Crippen molar-refractivity contribution in [3.8, 4) is 10.6 Å². The van der Waals surface area contributed by atoms with Gasteiger partial charge in [-0.1, -0.05) is 0 Å². The molecule has 0 atom stereocenters. The molecule has 0 bridgehead atoms. The summed E-state index contributed by atoms with van der Waals surface area (Å²) in [6.07, 6.45) is -4.41. The SMILES string of the molecule is Cc1ccsc1-c1cc(C(F)(F)F)cc(N)n1. The van der Waals surface area contributed by atoms with Crippen LogP contribution in [0.15, 0.2) is 23.6 Å². The van der Waals surface area contributed by atoms with E-state index >= 15 is 0 Å². The van der Waals surface area contributed by atoms with Crippen LogP contribution < -0.4 is 5.73 Å². The molecule has 17 heavy (non-hydrogen) atoms. The molecular formula is C11H9F3N2S. The van der Waals surface area contributed by atoms with Crippen molar-refractivity contribution in [2.75, 3.05) is 5.73 Å². The molecule has 0 aliphatic rings. The molecule has 0 aliphatic heterocycles. The van der Waals surface area contributed by atoms with Gasteiger partial charge in [0.2, 0.25) is 0 Å². The Balaban J connectivity index is 2.57. The van der Waals surface area contributed by atoms with Gasteiger partial charge < -0.3 is 5.73 Å². The summed E-state index contributed by atoms with van der Waals surface area (Å²) in [4.78, 5) is 4.65. The third-order valence-corrected chi connectivity index (χ3v) is 3.31. The van der Waals surface area contributed by atoms with Crippen LogP contribution in [0.4, 0.5) is 19.0 Å². The summed E-state index contributed by atoms with van der Waals surface area (Å²) < 4.78 is 37.8. The number of halogens is 3. The van der Waals surface area contributed by atoms with E-state index in [1.54, 1.807) is 0 Å². The number of aromatic nitrogens is 1. The Hall–Kier alpha value is -1.56. The van der Waals surface area contributed by atoms with E-state index in [-0.39, 0.29) is 11.5 Å². The zero-order valence-electron chi connectivity index (χ0n) is 8.88. The highest BCUT2D eigenvalue weighted by molar-refractivity contribution is 7.13. The first kappa shape index (κ1) is 11.9. The fourth-order valence-electron chi connectivity index (χ4n) is 1.47. The molecule has 2 rings (SSSR count). The fraction of sp³-hybridized carbons (Fsp3) is 0.182. The van der Waals surface area contributed by atoms with Crippen molar-refractivity contribution in [1.29, 1.82) is 0 Å². The van der Waals surface area contributed by atoms with Gasteiger partial charge in [0.25, 0.3) is 0 Å². The lowest BCUT2D eigenvalue weighted by Gasteiger charge is -2.09. The van der Waals surface area contributed by atoms with E-state index in [4.69, 9.17) is 5.73 Å². The summed E-state index contributed by atoms with van der Waals surface area (Å²) >= 11 is 1.35. The summed E-state index contributed by atoms with van der Waals surface area (Å²) in [6.45, 7) is 1.82. The number of nitrogens with two attached hydrogens (primary N) is 1. The quantitative estimate of drug-likeness (QED) is 0.846. The number of nitrogen functional groups attached to an aromatic ring is 1. The van der Waals surface area contributed by atoms with Crippen molar-refractivity contribution in [1.82, 2.24) is 4.98 Å². The standard InChI is InChI=1S/C11H9F3N2S/c1-6-2-3-17-10(6)8-4-7(11(12,13)14)5-9(15)16-8/h2-5H,1H3,(H2,15,16). The van der Waals surface area contributed by atoms with Crippen LogP contribution in [0.5, 0.6) is 0 Å². The molecule has 2 nitrogen and oxygen atoms in total. The number of hydrogen-bond acceptors (Lipinski definition) is 3. The summed E-state index contributed by atoms with van der Waals surface area (Å²) in [5, 5.41) is 1.81. The Bertz CT molecular complexity index is 546. The molecule has 2 N–H and O–H groups in total. The fourth-order valence-corrected chi connectivity index (χ4v) is 2.35. The first-order valence-corrected chi connectivity index (χ1v) is 5.65. The van der Waals surface area contributed by atoms with Gasteiger partial charge in [-0.15, -0.1) is 11.3 Å². The van der Waals surface area contributed by atoms with Gasteiger partial charge in [0.15, 0.2) is 0 Å². The van der Waals surface area contributed by atoms with Crippen LogP contribution in [-0.2, 0) is 6.18 Å². The van der Waals surface area contributed by atoms with E-state index in [9.17, 15) is 13.2 Å². The summed E-state index contributed by atoms with van der Waals surface area (Å²) in [6, 6.07) is 3.69.